The van der Waals surface area contributed by atoms with Crippen LogP contribution >= 0.6 is 23.2 Å². The largest absolute Gasteiger partial charge is 0.495 e. The molecule has 1 aliphatic rings. The maximum absolute atomic E-state index is 12.1. The molecule has 0 saturated carbocycles. The number of carbonyl (C=O) groups is 1. The first-order valence-electron chi connectivity index (χ1n) is 13.4. The van der Waals surface area contributed by atoms with Crippen molar-refractivity contribution in [2.24, 2.45) is 0 Å². The number of nitrogens with zero attached hydrogens (tertiary/aromatic N) is 3. The molecule has 1 atom stereocenters. The molecule has 4 aromatic rings. The summed E-state index contributed by atoms with van der Waals surface area (Å²) in [5.41, 5.74) is 3.36. The van der Waals surface area contributed by atoms with Crippen LogP contribution in [-0.2, 0) is 4.79 Å². The summed E-state index contributed by atoms with van der Waals surface area (Å²) in [5, 5.41) is 12.2. The van der Waals surface area contributed by atoms with E-state index in [-0.39, 0.29) is 11.9 Å². The second kappa shape index (κ2) is 12.4. The fourth-order valence-corrected chi connectivity index (χ4v) is 5.75. The van der Waals surface area contributed by atoms with Crippen LogP contribution in [0, 0.1) is 6.92 Å². The minimum absolute atomic E-state index is 0.202. The van der Waals surface area contributed by atoms with E-state index in [1.165, 1.54) is 20.3 Å². The van der Waals surface area contributed by atoms with Gasteiger partial charge in [-0.2, -0.15) is 0 Å². The number of para-hydroxylation sites is 1. The Labute approximate surface area is 254 Å². The monoisotopic (exact) mass is 606 g/mol. The lowest BCUT2D eigenvalue weighted by Gasteiger charge is -2.19. The highest BCUT2D eigenvalue weighted by molar-refractivity contribution is 6.41. The molecule has 9 nitrogen and oxygen atoms in total. The zero-order chi connectivity index (χ0) is 30.0. The third kappa shape index (κ3) is 5.94. The van der Waals surface area contributed by atoms with Crippen LogP contribution in [0.15, 0.2) is 55.3 Å². The van der Waals surface area contributed by atoms with Crippen LogP contribution in [0.25, 0.3) is 22.0 Å². The number of rotatable bonds is 9. The summed E-state index contributed by atoms with van der Waals surface area (Å²) in [6, 6.07) is 11.4. The van der Waals surface area contributed by atoms with Gasteiger partial charge < -0.3 is 30.3 Å². The van der Waals surface area contributed by atoms with Gasteiger partial charge in [-0.25, -0.2) is 9.97 Å². The van der Waals surface area contributed by atoms with Crippen LogP contribution < -0.4 is 25.4 Å². The molecule has 2 aromatic heterocycles. The number of anilines is 4. The van der Waals surface area contributed by atoms with Crippen molar-refractivity contribution in [2.75, 3.05) is 50.3 Å². The van der Waals surface area contributed by atoms with Crippen LogP contribution in [0.3, 0.4) is 0 Å². The minimum Gasteiger partial charge on any atom is -0.495 e. The van der Waals surface area contributed by atoms with E-state index in [0.717, 1.165) is 41.5 Å². The van der Waals surface area contributed by atoms with Crippen LogP contribution in [0.5, 0.6) is 11.5 Å². The molecule has 1 saturated heterocycles. The van der Waals surface area contributed by atoms with Crippen molar-refractivity contribution >= 4 is 62.9 Å². The quantitative estimate of drug-likeness (QED) is 0.177. The number of amides is 1. The van der Waals surface area contributed by atoms with Crippen molar-refractivity contribution in [1.29, 1.82) is 0 Å². The molecule has 218 valence electrons. The lowest BCUT2D eigenvalue weighted by atomic mass is 10.1. The van der Waals surface area contributed by atoms with Gasteiger partial charge in [0, 0.05) is 41.2 Å². The van der Waals surface area contributed by atoms with E-state index in [4.69, 9.17) is 42.6 Å². The Hall–Kier alpha value is -4.05. The molecule has 5 rings (SSSR count). The van der Waals surface area contributed by atoms with Crippen molar-refractivity contribution in [1.82, 2.24) is 14.9 Å². The zero-order valence-corrected chi connectivity index (χ0v) is 25.4. The van der Waals surface area contributed by atoms with E-state index in [2.05, 4.69) is 34.5 Å². The second-order valence-electron chi connectivity index (χ2n) is 10.1. The van der Waals surface area contributed by atoms with Gasteiger partial charge in [0.25, 0.3) is 0 Å². The lowest BCUT2D eigenvalue weighted by Crippen LogP contribution is -2.24. The van der Waals surface area contributed by atoms with Gasteiger partial charge in [0.05, 0.1) is 41.3 Å². The third-order valence-corrected chi connectivity index (χ3v) is 8.00. The number of hydrogen-bond acceptors (Lipinski definition) is 8. The summed E-state index contributed by atoms with van der Waals surface area (Å²) in [6.07, 6.45) is 3.98. The van der Waals surface area contributed by atoms with E-state index in [1.807, 2.05) is 37.3 Å². The van der Waals surface area contributed by atoms with Crippen molar-refractivity contribution in [3.05, 3.63) is 70.9 Å². The molecule has 1 fully saturated rings. The minimum atomic E-state index is -0.300. The second-order valence-corrected chi connectivity index (χ2v) is 10.9. The average Bonchev–Trinajstić information content (AvgIpc) is 3.39. The summed E-state index contributed by atoms with van der Waals surface area (Å²) >= 11 is 13.5. The molecule has 0 spiro atoms. The first-order chi connectivity index (χ1) is 20.2. The number of carbonyl (C=O) groups excluding carboxylic acids is 1. The number of pyridine rings is 2. The fraction of sp³-hybridized carbons (Fsp3) is 0.258. The van der Waals surface area contributed by atoms with Crippen LogP contribution in [0.4, 0.5) is 23.0 Å². The molecular weight excluding hydrogens is 575 g/mol. The number of likely N-dealkylation sites (N-methyl/N-ethyl adjacent to an activating group) is 1. The van der Waals surface area contributed by atoms with Crippen molar-refractivity contribution in [3.8, 4) is 22.8 Å². The van der Waals surface area contributed by atoms with Gasteiger partial charge in [0.2, 0.25) is 5.91 Å². The number of methoxy groups -OCH3 is 2. The molecule has 0 bridgehead atoms. The van der Waals surface area contributed by atoms with Gasteiger partial charge in [-0.05, 0) is 56.8 Å². The molecule has 1 unspecified atom stereocenters. The predicted molar refractivity (Wildman–Crippen MR) is 171 cm³/mol. The number of hydrogen-bond donors (Lipinski definition) is 3. The summed E-state index contributed by atoms with van der Waals surface area (Å²) in [6.45, 7) is 7.38. The van der Waals surface area contributed by atoms with E-state index in [1.54, 1.807) is 12.3 Å². The Balaban J connectivity index is 1.63. The third-order valence-electron chi connectivity index (χ3n) is 7.25. The molecular formula is C31H32Cl2N6O3. The number of aromatic nitrogens is 2. The molecule has 1 amide bonds. The molecule has 11 heteroatoms. The van der Waals surface area contributed by atoms with Crippen LogP contribution in [-0.4, -0.2) is 61.2 Å². The molecule has 0 aliphatic carbocycles. The van der Waals surface area contributed by atoms with Crippen LogP contribution in [0.1, 0.15) is 12.0 Å². The Morgan fingerprint density at radius 3 is 2.52 bits per heavy atom. The van der Waals surface area contributed by atoms with Gasteiger partial charge in [-0.1, -0.05) is 41.9 Å². The molecule has 1 aliphatic heterocycles. The standard InChI is InChI=1S/C31H32Cl2N6O3/c1-6-26(40)36-21-9-7-8-17(2)30(21)38-25-13-20-18(15-34-25)12-22(37-31(20)35-19-10-11-39(3)16-19)27-28(32)23(41-4)14-24(42-5)29(27)33/h6-9,12-15,19H,1,10-11,16H2,2-5H3,(H,34,38)(H,35,37)(H,36,40). The van der Waals surface area contributed by atoms with E-state index in [9.17, 15) is 4.79 Å². The normalized spacial score (nSPS) is 15.0. The van der Waals surface area contributed by atoms with E-state index >= 15 is 0 Å². The average molecular weight is 608 g/mol. The number of ether oxygens (including phenoxy) is 2. The number of aryl methyl sites for hydroxylation is 1. The predicted octanol–water partition coefficient (Wildman–Crippen LogP) is 6.91. The zero-order valence-electron chi connectivity index (χ0n) is 23.8. The Morgan fingerprint density at radius 2 is 1.88 bits per heavy atom. The molecule has 3 heterocycles. The highest BCUT2D eigenvalue weighted by Gasteiger charge is 2.24. The number of fused-ring (bicyclic) bond motifs is 1. The topological polar surface area (TPSA) is 101 Å². The highest BCUT2D eigenvalue weighted by Crippen LogP contribution is 2.46. The first kappa shape index (κ1) is 29.4. The SMILES string of the molecule is C=CC(=O)Nc1cccc(C)c1Nc1cc2c(NC3CCN(C)C3)nc(-c3c(Cl)c(OC)cc(OC)c3Cl)cc2cn1. The smallest absolute Gasteiger partial charge is 0.247 e. The van der Waals surface area contributed by atoms with Crippen LogP contribution in [0.2, 0.25) is 10.0 Å². The van der Waals surface area contributed by atoms with Gasteiger partial charge in [0.15, 0.2) is 0 Å². The summed E-state index contributed by atoms with van der Waals surface area (Å²) in [7, 11) is 5.18. The first-order valence-corrected chi connectivity index (χ1v) is 14.1. The van der Waals surface area contributed by atoms with Gasteiger partial charge in [-0.15, -0.1) is 0 Å². The molecule has 2 aromatic carbocycles. The molecule has 0 radical (unpaired) electrons. The van der Waals surface area contributed by atoms with E-state index in [0.29, 0.717) is 50.1 Å². The Morgan fingerprint density at radius 1 is 1.14 bits per heavy atom. The van der Waals surface area contributed by atoms with Crippen molar-refractivity contribution in [2.45, 2.75) is 19.4 Å². The summed E-state index contributed by atoms with van der Waals surface area (Å²) in [4.78, 5) is 24.1. The number of nitrogens with one attached hydrogen (secondary N) is 3. The maximum Gasteiger partial charge on any atom is 0.247 e. The Kier molecular flexibility index (Phi) is 8.72. The summed E-state index contributed by atoms with van der Waals surface area (Å²) in [5.74, 6) is 1.82. The maximum atomic E-state index is 12.1. The number of halogens is 2. The fourth-order valence-electron chi connectivity index (χ4n) is 5.06. The Bertz CT molecular complexity index is 1650. The highest BCUT2D eigenvalue weighted by atomic mass is 35.5. The van der Waals surface area contributed by atoms with Crippen molar-refractivity contribution < 1.29 is 14.3 Å². The molecule has 42 heavy (non-hydrogen) atoms. The molecule has 3 N–H and O–H groups in total. The van der Waals surface area contributed by atoms with Crippen molar-refractivity contribution in [3.63, 3.8) is 0 Å². The van der Waals surface area contributed by atoms with Gasteiger partial charge in [-0.3, -0.25) is 4.79 Å². The van der Waals surface area contributed by atoms with Gasteiger partial charge in [0.1, 0.15) is 23.1 Å². The summed E-state index contributed by atoms with van der Waals surface area (Å²) < 4.78 is 11.0. The number of likely N-dealkylation sites (tertiary alicyclic amines) is 1. The lowest BCUT2D eigenvalue weighted by molar-refractivity contribution is -0.111. The number of benzene rings is 2. The van der Waals surface area contributed by atoms with Gasteiger partial charge >= 0.3 is 0 Å². The van der Waals surface area contributed by atoms with E-state index < -0.39 is 0 Å².